The number of aromatic nitrogens is 1. The van der Waals surface area contributed by atoms with Gasteiger partial charge in [-0.25, -0.2) is 4.98 Å². The maximum atomic E-state index is 6.02. The van der Waals surface area contributed by atoms with E-state index in [1.54, 1.807) is 6.07 Å². The first kappa shape index (κ1) is 12.6. The summed E-state index contributed by atoms with van der Waals surface area (Å²) >= 11 is 19.5. The molecule has 0 aromatic carbocycles. The number of hydrogen-bond donors (Lipinski definition) is 1. The molecule has 1 saturated carbocycles. The Bertz CT molecular complexity index is 407. The van der Waals surface area contributed by atoms with Gasteiger partial charge in [0, 0.05) is 11.3 Å². The SMILES string of the molecule is CSC1(CNc2nc(Cl)c(Cl)cc2Cl)CC1. The number of thioether (sulfide) groups is 1. The zero-order chi connectivity index (χ0) is 11.8. The van der Waals surface area contributed by atoms with Crippen molar-refractivity contribution in [3.63, 3.8) is 0 Å². The summed E-state index contributed by atoms with van der Waals surface area (Å²) < 4.78 is 0.358. The molecule has 1 aliphatic rings. The molecular weight excluding hydrogens is 287 g/mol. The number of nitrogens with zero attached hydrogens (tertiary/aromatic N) is 1. The van der Waals surface area contributed by atoms with Gasteiger partial charge in [-0.3, -0.25) is 0 Å². The van der Waals surface area contributed by atoms with Gasteiger partial charge < -0.3 is 5.32 Å². The number of rotatable bonds is 4. The minimum Gasteiger partial charge on any atom is -0.367 e. The van der Waals surface area contributed by atoms with Crippen LogP contribution in [0.4, 0.5) is 5.82 Å². The van der Waals surface area contributed by atoms with Crippen molar-refractivity contribution in [3.05, 3.63) is 21.3 Å². The van der Waals surface area contributed by atoms with Crippen molar-refractivity contribution < 1.29 is 0 Å². The molecule has 1 heterocycles. The average Bonchev–Trinajstić information content (AvgIpc) is 3.02. The number of hydrogen-bond acceptors (Lipinski definition) is 3. The summed E-state index contributed by atoms with van der Waals surface area (Å²) in [6.45, 7) is 0.860. The third-order valence-corrected chi connectivity index (χ3v) is 5.09. The standard InChI is InChI=1S/C10H11Cl3N2S/c1-16-10(2-3-10)5-14-9-7(12)4-6(11)8(13)15-9/h4H,2-3,5H2,1H3,(H,14,15). The zero-order valence-corrected chi connectivity index (χ0v) is 11.8. The Morgan fingerprint density at radius 2 is 2.06 bits per heavy atom. The minimum absolute atomic E-state index is 0.280. The highest BCUT2D eigenvalue weighted by Gasteiger charge is 2.41. The van der Waals surface area contributed by atoms with Crippen molar-refractivity contribution in [2.24, 2.45) is 0 Å². The van der Waals surface area contributed by atoms with E-state index in [2.05, 4.69) is 16.6 Å². The second-order valence-corrected chi connectivity index (χ2v) is 6.28. The van der Waals surface area contributed by atoms with Gasteiger partial charge >= 0.3 is 0 Å². The third-order valence-electron chi connectivity index (χ3n) is 2.71. The Kier molecular flexibility index (Phi) is 3.79. The third kappa shape index (κ3) is 2.70. The monoisotopic (exact) mass is 296 g/mol. The predicted molar refractivity (Wildman–Crippen MR) is 73.2 cm³/mol. The van der Waals surface area contributed by atoms with Crippen LogP contribution >= 0.6 is 46.6 Å². The first-order valence-electron chi connectivity index (χ1n) is 4.87. The summed E-state index contributed by atoms with van der Waals surface area (Å²) in [7, 11) is 0. The fraction of sp³-hybridized carbons (Fsp3) is 0.500. The lowest BCUT2D eigenvalue weighted by Gasteiger charge is -2.14. The Balaban J connectivity index is 2.07. The molecule has 2 nitrogen and oxygen atoms in total. The van der Waals surface area contributed by atoms with Crippen LogP contribution in [-0.4, -0.2) is 22.5 Å². The van der Waals surface area contributed by atoms with E-state index in [1.807, 2.05) is 11.8 Å². The summed E-state index contributed by atoms with van der Waals surface area (Å²) in [5, 5.41) is 4.39. The highest BCUT2D eigenvalue weighted by molar-refractivity contribution is 8.00. The molecule has 88 valence electrons. The molecule has 0 atom stereocenters. The van der Waals surface area contributed by atoms with E-state index in [4.69, 9.17) is 34.8 Å². The van der Waals surface area contributed by atoms with Crippen LogP contribution in [0.15, 0.2) is 6.07 Å². The fourth-order valence-electron chi connectivity index (χ4n) is 1.41. The Morgan fingerprint density at radius 3 is 2.62 bits per heavy atom. The first-order chi connectivity index (χ1) is 7.56. The molecule has 1 fully saturated rings. The molecule has 0 unspecified atom stereocenters. The molecule has 0 spiro atoms. The van der Waals surface area contributed by atoms with Crippen molar-refractivity contribution >= 4 is 52.4 Å². The highest BCUT2D eigenvalue weighted by atomic mass is 35.5. The molecule has 1 aromatic heterocycles. The summed E-state index contributed by atoms with van der Waals surface area (Å²) in [5.74, 6) is 0.608. The molecule has 1 aromatic rings. The summed E-state index contributed by atoms with van der Waals surface area (Å²) in [5.41, 5.74) is 0. The molecule has 0 bridgehead atoms. The van der Waals surface area contributed by atoms with Crippen LogP contribution < -0.4 is 5.32 Å². The van der Waals surface area contributed by atoms with Crippen LogP contribution in [0.5, 0.6) is 0 Å². The van der Waals surface area contributed by atoms with Gasteiger partial charge in [0.25, 0.3) is 0 Å². The van der Waals surface area contributed by atoms with Crippen molar-refractivity contribution in [3.8, 4) is 0 Å². The van der Waals surface area contributed by atoms with Gasteiger partial charge in [-0.1, -0.05) is 34.8 Å². The van der Waals surface area contributed by atoms with E-state index in [0.29, 0.717) is 20.6 Å². The number of halogens is 3. The quantitative estimate of drug-likeness (QED) is 0.836. The smallest absolute Gasteiger partial charge is 0.150 e. The molecule has 2 rings (SSSR count). The van der Waals surface area contributed by atoms with E-state index in [-0.39, 0.29) is 5.15 Å². The van der Waals surface area contributed by atoms with Crippen LogP contribution in [0.25, 0.3) is 0 Å². The van der Waals surface area contributed by atoms with Gasteiger partial charge in [0.2, 0.25) is 0 Å². The lowest BCUT2D eigenvalue weighted by Crippen LogP contribution is -2.18. The van der Waals surface area contributed by atoms with Crippen LogP contribution in [0.1, 0.15) is 12.8 Å². The second-order valence-electron chi connectivity index (χ2n) is 3.83. The minimum atomic E-state index is 0.280. The van der Waals surface area contributed by atoms with Gasteiger partial charge in [-0.2, -0.15) is 11.8 Å². The van der Waals surface area contributed by atoms with Gasteiger partial charge in [0.15, 0.2) is 0 Å². The number of nitrogens with one attached hydrogen (secondary N) is 1. The molecule has 1 N–H and O–H groups in total. The maximum absolute atomic E-state index is 6.02. The molecule has 0 aliphatic heterocycles. The molecule has 0 amide bonds. The van der Waals surface area contributed by atoms with Gasteiger partial charge in [-0.15, -0.1) is 0 Å². The van der Waals surface area contributed by atoms with E-state index < -0.39 is 0 Å². The Hall–Kier alpha value is 0.170. The molecule has 6 heteroatoms. The van der Waals surface area contributed by atoms with Gasteiger partial charge in [-0.05, 0) is 25.2 Å². The summed E-state index contributed by atoms with van der Waals surface area (Å²) in [6.07, 6.45) is 4.60. The van der Waals surface area contributed by atoms with E-state index >= 15 is 0 Å². The van der Waals surface area contributed by atoms with Crippen LogP contribution in [-0.2, 0) is 0 Å². The topological polar surface area (TPSA) is 24.9 Å². The molecule has 0 saturated heterocycles. The zero-order valence-electron chi connectivity index (χ0n) is 8.69. The number of pyridine rings is 1. The van der Waals surface area contributed by atoms with Crippen molar-refractivity contribution in [1.29, 1.82) is 0 Å². The molecule has 16 heavy (non-hydrogen) atoms. The lowest BCUT2D eigenvalue weighted by atomic mass is 10.4. The average molecular weight is 298 g/mol. The molecular formula is C10H11Cl3N2S. The van der Waals surface area contributed by atoms with Gasteiger partial charge in [0.1, 0.15) is 11.0 Å². The summed E-state index contributed by atoms with van der Waals surface area (Å²) in [4.78, 5) is 4.12. The van der Waals surface area contributed by atoms with Gasteiger partial charge in [0.05, 0.1) is 10.0 Å². The van der Waals surface area contributed by atoms with Crippen molar-refractivity contribution in [1.82, 2.24) is 4.98 Å². The fourth-order valence-corrected chi connectivity index (χ4v) is 2.70. The predicted octanol–water partition coefficient (Wildman–Crippen LogP) is 4.35. The van der Waals surface area contributed by atoms with Crippen molar-refractivity contribution in [2.45, 2.75) is 17.6 Å². The van der Waals surface area contributed by atoms with E-state index in [1.165, 1.54) is 12.8 Å². The number of anilines is 1. The van der Waals surface area contributed by atoms with Crippen molar-refractivity contribution in [2.75, 3.05) is 18.1 Å². The lowest BCUT2D eigenvalue weighted by molar-refractivity contribution is 0.940. The van der Waals surface area contributed by atoms with E-state index in [9.17, 15) is 0 Å². The second kappa shape index (κ2) is 4.81. The highest BCUT2D eigenvalue weighted by Crippen LogP contribution is 2.47. The normalized spacial score (nSPS) is 17.2. The van der Waals surface area contributed by atoms with Crippen LogP contribution in [0, 0.1) is 0 Å². The molecule has 0 radical (unpaired) electrons. The first-order valence-corrected chi connectivity index (χ1v) is 7.23. The Labute approximate surface area is 114 Å². The van der Waals surface area contributed by atoms with Crippen LogP contribution in [0.2, 0.25) is 15.2 Å². The van der Waals surface area contributed by atoms with Crippen LogP contribution in [0.3, 0.4) is 0 Å². The summed E-state index contributed by atoms with van der Waals surface area (Å²) in [6, 6.07) is 1.61. The van der Waals surface area contributed by atoms with E-state index in [0.717, 1.165) is 6.54 Å². The molecule has 1 aliphatic carbocycles. The maximum Gasteiger partial charge on any atom is 0.150 e. The largest absolute Gasteiger partial charge is 0.367 e. The Morgan fingerprint density at radius 1 is 1.38 bits per heavy atom.